The van der Waals surface area contributed by atoms with Gasteiger partial charge in [-0.1, -0.05) is 18.2 Å². The molecule has 4 aliphatic rings. The number of rotatable bonds is 4. The van der Waals surface area contributed by atoms with E-state index in [4.69, 9.17) is 4.74 Å². The van der Waals surface area contributed by atoms with Crippen LogP contribution in [0.25, 0.3) is 0 Å². The first-order valence-electron chi connectivity index (χ1n) is 12.7. The Morgan fingerprint density at radius 3 is 2.59 bits per heavy atom. The van der Waals surface area contributed by atoms with E-state index in [0.717, 1.165) is 37.4 Å². The van der Waals surface area contributed by atoms with Crippen LogP contribution in [0.15, 0.2) is 42.5 Å². The zero-order valence-corrected chi connectivity index (χ0v) is 21.0. The molecule has 37 heavy (non-hydrogen) atoms. The smallest absolute Gasteiger partial charge is 0.243 e. The highest BCUT2D eigenvalue weighted by molar-refractivity contribution is 5.95. The predicted molar refractivity (Wildman–Crippen MR) is 136 cm³/mol. The van der Waals surface area contributed by atoms with Gasteiger partial charge in [-0.05, 0) is 36.9 Å². The Balaban J connectivity index is 1.18. The van der Waals surface area contributed by atoms with Crippen LogP contribution in [-0.4, -0.2) is 86.6 Å². The number of piperazine rings is 2. The second kappa shape index (κ2) is 9.56. The Kier molecular flexibility index (Phi) is 6.23. The van der Waals surface area contributed by atoms with Crippen LogP contribution >= 0.6 is 0 Å². The molecule has 0 aliphatic carbocycles. The number of hydrazine groups is 2. The fraction of sp³-hybridized carbons (Fsp3) is 0.462. The molecule has 4 aliphatic heterocycles. The normalized spacial score (nSPS) is 28.4. The molecule has 4 fully saturated rings. The van der Waals surface area contributed by atoms with Crippen molar-refractivity contribution in [2.75, 3.05) is 56.8 Å². The summed E-state index contributed by atoms with van der Waals surface area (Å²) >= 11 is 0. The summed E-state index contributed by atoms with van der Waals surface area (Å²) in [4.78, 5) is 31.7. The van der Waals surface area contributed by atoms with Crippen LogP contribution in [0.3, 0.4) is 0 Å². The number of benzene rings is 2. The number of nitrogens with one attached hydrogen (secondary N) is 3. The van der Waals surface area contributed by atoms with Crippen molar-refractivity contribution in [2.24, 2.45) is 0 Å². The Morgan fingerprint density at radius 1 is 1.00 bits per heavy atom. The zero-order chi connectivity index (χ0) is 25.7. The van der Waals surface area contributed by atoms with Gasteiger partial charge in [0.1, 0.15) is 11.4 Å². The van der Waals surface area contributed by atoms with E-state index >= 15 is 0 Å². The number of carbonyl (C=O) groups excluding carboxylic acids is 2. The molecule has 2 aromatic rings. The van der Waals surface area contributed by atoms with E-state index in [9.17, 15) is 14.0 Å². The highest BCUT2D eigenvalue weighted by Crippen LogP contribution is 2.35. The summed E-state index contributed by atoms with van der Waals surface area (Å²) in [5.74, 6) is -0.251. The number of halogens is 1. The van der Waals surface area contributed by atoms with E-state index in [1.165, 1.54) is 18.2 Å². The standard InChI is InChI=1S/C26H32FN7O3/c1-31-13-18-14-32(10-11-33(18)23(36)15-31)17-8-6-16(7-9-17)24-25-20(28-29-24)12-22(35)34(30-25)26-19(27)4-3-5-21(26)37-2/h3-9,18,20,24-25,28-30H,10-15H2,1-2H3. The summed E-state index contributed by atoms with van der Waals surface area (Å²) in [6.07, 6.45) is 0.218. The number of carbonyl (C=O) groups is 2. The van der Waals surface area contributed by atoms with Gasteiger partial charge in [-0.2, -0.15) is 0 Å². The number of anilines is 2. The van der Waals surface area contributed by atoms with Crippen molar-refractivity contribution in [2.45, 2.75) is 30.6 Å². The van der Waals surface area contributed by atoms with Crippen molar-refractivity contribution in [3.05, 3.63) is 53.8 Å². The van der Waals surface area contributed by atoms with Gasteiger partial charge in [0.15, 0.2) is 5.82 Å². The van der Waals surface area contributed by atoms with Crippen LogP contribution < -0.4 is 30.9 Å². The number of ether oxygens (including phenoxy) is 1. The average Bonchev–Trinajstić information content (AvgIpc) is 3.30. The first-order valence-corrected chi connectivity index (χ1v) is 12.7. The van der Waals surface area contributed by atoms with Crippen molar-refractivity contribution in [1.29, 1.82) is 0 Å². The summed E-state index contributed by atoms with van der Waals surface area (Å²) in [6.45, 7) is 3.74. The summed E-state index contributed by atoms with van der Waals surface area (Å²) in [6, 6.07) is 12.7. The molecule has 0 radical (unpaired) electrons. The van der Waals surface area contributed by atoms with E-state index < -0.39 is 5.82 Å². The summed E-state index contributed by atoms with van der Waals surface area (Å²) in [7, 11) is 3.46. The monoisotopic (exact) mass is 509 g/mol. The molecule has 11 heteroatoms. The lowest BCUT2D eigenvalue weighted by molar-refractivity contribution is -0.139. The molecule has 10 nitrogen and oxygen atoms in total. The highest BCUT2D eigenvalue weighted by Gasteiger charge is 2.45. The van der Waals surface area contributed by atoms with E-state index in [1.54, 1.807) is 12.1 Å². The Labute approximate surface area is 215 Å². The van der Waals surface area contributed by atoms with Gasteiger partial charge in [0.05, 0.1) is 31.8 Å². The number of likely N-dealkylation sites (N-methyl/N-ethyl adjacent to an activating group) is 1. The Bertz CT molecular complexity index is 1200. The SMILES string of the molecule is COc1cccc(F)c1N1NC2C(CC1=O)NNC2c1ccc(N2CCN3C(=O)CN(C)CC3C2)cc1. The molecular weight excluding hydrogens is 477 g/mol. The minimum Gasteiger partial charge on any atom is -0.494 e. The minimum atomic E-state index is -0.524. The third-order valence-electron chi connectivity index (χ3n) is 7.88. The summed E-state index contributed by atoms with van der Waals surface area (Å²) < 4.78 is 20.1. The number of fused-ring (bicyclic) bond motifs is 2. The number of nitrogens with zero attached hydrogens (tertiary/aromatic N) is 4. The molecule has 3 N–H and O–H groups in total. The van der Waals surface area contributed by atoms with Gasteiger partial charge in [0.2, 0.25) is 11.8 Å². The highest BCUT2D eigenvalue weighted by atomic mass is 19.1. The summed E-state index contributed by atoms with van der Waals surface area (Å²) in [5, 5.41) is 1.29. The Hall–Kier alpha value is -3.25. The van der Waals surface area contributed by atoms with Gasteiger partial charge in [-0.15, -0.1) is 0 Å². The first-order chi connectivity index (χ1) is 17.9. The lowest BCUT2D eigenvalue weighted by atomic mass is 9.93. The largest absolute Gasteiger partial charge is 0.494 e. The lowest BCUT2D eigenvalue weighted by Crippen LogP contribution is -2.63. The molecule has 6 rings (SSSR count). The maximum absolute atomic E-state index is 14.8. The predicted octanol–water partition coefficient (Wildman–Crippen LogP) is 0.625. The van der Waals surface area contributed by atoms with Gasteiger partial charge in [0.25, 0.3) is 0 Å². The van der Waals surface area contributed by atoms with E-state index in [0.29, 0.717) is 12.3 Å². The molecule has 0 spiro atoms. The van der Waals surface area contributed by atoms with Crippen molar-refractivity contribution in [3.63, 3.8) is 0 Å². The van der Waals surface area contributed by atoms with E-state index in [2.05, 4.69) is 50.3 Å². The quantitative estimate of drug-likeness (QED) is 0.553. The number of methoxy groups -OCH3 is 1. The molecule has 2 aromatic carbocycles. The van der Waals surface area contributed by atoms with Gasteiger partial charge < -0.3 is 14.5 Å². The number of para-hydroxylation sites is 1. The molecule has 4 heterocycles. The zero-order valence-electron chi connectivity index (χ0n) is 21.0. The molecule has 196 valence electrons. The fourth-order valence-electron chi connectivity index (χ4n) is 6.02. The first kappa shape index (κ1) is 24.1. The molecule has 0 saturated carbocycles. The van der Waals surface area contributed by atoms with Crippen LogP contribution in [0, 0.1) is 5.82 Å². The third kappa shape index (κ3) is 4.31. The van der Waals surface area contributed by atoms with Crippen LogP contribution in [0.5, 0.6) is 5.75 Å². The lowest BCUT2D eigenvalue weighted by Gasteiger charge is -2.47. The average molecular weight is 510 g/mol. The maximum atomic E-state index is 14.8. The van der Waals surface area contributed by atoms with Crippen LogP contribution in [0.1, 0.15) is 18.0 Å². The molecule has 0 bridgehead atoms. The van der Waals surface area contributed by atoms with Gasteiger partial charge in [-0.3, -0.25) is 19.9 Å². The Morgan fingerprint density at radius 2 is 1.81 bits per heavy atom. The van der Waals surface area contributed by atoms with Crippen molar-refractivity contribution >= 4 is 23.2 Å². The number of hydrogen-bond acceptors (Lipinski definition) is 8. The van der Waals surface area contributed by atoms with Crippen molar-refractivity contribution in [1.82, 2.24) is 26.1 Å². The molecule has 4 unspecified atom stereocenters. The van der Waals surface area contributed by atoms with Crippen LogP contribution in [0.2, 0.25) is 0 Å². The van der Waals surface area contributed by atoms with Gasteiger partial charge in [0, 0.05) is 44.3 Å². The number of hydrogen-bond donors (Lipinski definition) is 3. The molecular formula is C26H32FN7O3. The van der Waals surface area contributed by atoms with Crippen molar-refractivity contribution < 1.29 is 18.7 Å². The maximum Gasteiger partial charge on any atom is 0.243 e. The molecule has 2 amide bonds. The number of amides is 2. The van der Waals surface area contributed by atoms with E-state index in [-0.39, 0.29) is 48.1 Å². The van der Waals surface area contributed by atoms with Crippen LogP contribution in [0.4, 0.5) is 15.8 Å². The molecule has 4 saturated heterocycles. The molecule has 4 atom stereocenters. The second-order valence-corrected chi connectivity index (χ2v) is 10.2. The van der Waals surface area contributed by atoms with Crippen molar-refractivity contribution in [3.8, 4) is 5.75 Å². The fourth-order valence-corrected chi connectivity index (χ4v) is 6.02. The summed E-state index contributed by atoms with van der Waals surface area (Å²) in [5.41, 5.74) is 12.1. The molecule has 0 aromatic heterocycles. The van der Waals surface area contributed by atoms with Crippen LogP contribution in [-0.2, 0) is 9.59 Å². The second-order valence-electron chi connectivity index (χ2n) is 10.2. The third-order valence-corrected chi connectivity index (χ3v) is 7.88. The minimum absolute atomic E-state index is 0.0976. The van der Waals surface area contributed by atoms with Gasteiger partial charge >= 0.3 is 0 Å². The van der Waals surface area contributed by atoms with E-state index in [1.807, 2.05) is 11.9 Å². The van der Waals surface area contributed by atoms with Gasteiger partial charge in [-0.25, -0.2) is 20.3 Å². The topological polar surface area (TPSA) is 92.4 Å².